The second kappa shape index (κ2) is 13.2. The van der Waals surface area contributed by atoms with Crippen LogP contribution in [0.25, 0.3) is 0 Å². The number of nitrogens with zero attached hydrogens (tertiary/aromatic N) is 3. The molecule has 1 atom stereocenters. The van der Waals surface area contributed by atoms with E-state index < -0.39 is 40.4 Å². The van der Waals surface area contributed by atoms with Crippen molar-refractivity contribution in [3.05, 3.63) is 63.9 Å². The van der Waals surface area contributed by atoms with Crippen molar-refractivity contribution in [2.75, 3.05) is 31.5 Å². The van der Waals surface area contributed by atoms with E-state index >= 15 is 0 Å². The number of nitrogens with one attached hydrogen (secondary N) is 1. The Balaban J connectivity index is 2.47. The first kappa shape index (κ1) is 29.8. The molecule has 0 saturated heterocycles. The standard InChI is InChI=1S/C24H31Cl2FN4O4S/c1-5-6-13-28-24(33)17(2)30(15-18-11-12-19(25)14-20(18)26)23(32)16-31(36(34,35)29(3)4)22-10-8-7-9-21(22)27/h7-12,14,17H,5-6,13,15-16H2,1-4H3,(H,28,33). The Bertz CT molecular complexity index is 1180. The average molecular weight is 562 g/mol. The Labute approximate surface area is 222 Å². The van der Waals surface area contributed by atoms with Crippen molar-refractivity contribution in [1.29, 1.82) is 0 Å². The zero-order valence-corrected chi connectivity index (χ0v) is 23.0. The number of carbonyl (C=O) groups is 2. The molecular formula is C24H31Cl2FN4O4S. The van der Waals surface area contributed by atoms with Crippen LogP contribution in [-0.2, 0) is 26.3 Å². The quantitative estimate of drug-likeness (QED) is 0.396. The number of benzene rings is 2. The molecule has 2 rings (SSSR count). The SMILES string of the molecule is CCCCNC(=O)C(C)N(Cc1ccc(Cl)cc1Cl)C(=O)CN(c1ccccc1F)S(=O)(=O)N(C)C. The molecule has 0 heterocycles. The van der Waals surface area contributed by atoms with E-state index in [0.29, 0.717) is 21.4 Å². The summed E-state index contributed by atoms with van der Waals surface area (Å²) in [6, 6.07) is 9.02. The van der Waals surface area contributed by atoms with Crippen molar-refractivity contribution >= 4 is 50.9 Å². The molecular weight excluding hydrogens is 530 g/mol. The number of halogens is 3. The molecule has 0 aliphatic heterocycles. The van der Waals surface area contributed by atoms with E-state index in [1.807, 2.05) is 6.92 Å². The Morgan fingerprint density at radius 2 is 1.78 bits per heavy atom. The summed E-state index contributed by atoms with van der Waals surface area (Å²) in [5, 5.41) is 3.46. The van der Waals surface area contributed by atoms with Gasteiger partial charge in [0.05, 0.1) is 5.69 Å². The molecule has 12 heteroatoms. The summed E-state index contributed by atoms with van der Waals surface area (Å²) in [6.45, 7) is 3.12. The summed E-state index contributed by atoms with van der Waals surface area (Å²) in [5.74, 6) is -1.93. The third-order valence-electron chi connectivity index (χ3n) is 5.49. The van der Waals surface area contributed by atoms with Crippen LogP contribution in [0.4, 0.5) is 10.1 Å². The molecule has 0 aromatic heterocycles. The maximum atomic E-state index is 14.6. The highest BCUT2D eigenvalue weighted by Gasteiger charge is 2.33. The molecule has 1 N–H and O–H groups in total. The molecule has 2 amide bonds. The highest BCUT2D eigenvalue weighted by molar-refractivity contribution is 7.90. The molecule has 2 aromatic rings. The van der Waals surface area contributed by atoms with Crippen LogP contribution >= 0.6 is 23.2 Å². The third-order valence-corrected chi connectivity index (χ3v) is 7.89. The molecule has 0 aliphatic rings. The van der Waals surface area contributed by atoms with Gasteiger partial charge in [-0.05, 0) is 43.2 Å². The van der Waals surface area contributed by atoms with Crippen molar-refractivity contribution < 1.29 is 22.4 Å². The predicted octanol–water partition coefficient (Wildman–Crippen LogP) is 4.08. The van der Waals surface area contributed by atoms with Crippen LogP contribution < -0.4 is 9.62 Å². The number of hydrogen-bond acceptors (Lipinski definition) is 4. The molecule has 8 nitrogen and oxygen atoms in total. The number of amides is 2. The molecule has 0 spiro atoms. The predicted molar refractivity (Wildman–Crippen MR) is 141 cm³/mol. The molecule has 0 bridgehead atoms. The van der Waals surface area contributed by atoms with Crippen LogP contribution in [0.5, 0.6) is 0 Å². The van der Waals surface area contributed by atoms with Crippen molar-refractivity contribution in [3.8, 4) is 0 Å². The molecule has 0 fully saturated rings. The van der Waals surface area contributed by atoms with Gasteiger partial charge in [0.25, 0.3) is 0 Å². The number of rotatable bonds is 12. The molecule has 36 heavy (non-hydrogen) atoms. The Hall–Kier alpha value is -2.40. The van der Waals surface area contributed by atoms with Gasteiger partial charge in [-0.15, -0.1) is 0 Å². The van der Waals surface area contributed by atoms with Crippen molar-refractivity contribution in [1.82, 2.24) is 14.5 Å². The largest absolute Gasteiger partial charge is 0.354 e. The molecule has 0 saturated carbocycles. The number of anilines is 1. The number of para-hydroxylation sites is 1. The van der Waals surface area contributed by atoms with Gasteiger partial charge in [-0.3, -0.25) is 9.59 Å². The summed E-state index contributed by atoms with van der Waals surface area (Å²) in [4.78, 5) is 27.7. The zero-order valence-electron chi connectivity index (χ0n) is 20.7. The maximum Gasteiger partial charge on any atom is 0.304 e. The second-order valence-electron chi connectivity index (χ2n) is 8.33. The first-order valence-electron chi connectivity index (χ1n) is 11.4. The van der Waals surface area contributed by atoms with E-state index in [2.05, 4.69) is 5.32 Å². The summed E-state index contributed by atoms with van der Waals surface area (Å²) in [6.07, 6.45) is 1.63. The molecule has 2 aromatic carbocycles. The van der Waals surface area contributed by atoms with Gasteiger partial charge in [0, 0.05) is 37.2 Å². The third kappa shape index (κ3) is 7.55. The highest BCUT2D eigenvalue weighted by Crippen LogP contribution is 2.26. The van der Waals surface area contributed by atoms with E-state index in [-0.39, 0.29) is 17.3 Å². The fraction of sp³-hybridized carbons (Fsp3) is 0.417. The molecule has 0 radical (unpaired) electrons. The van der Waals surface area contributed by atoms with Gasteiger partial charge in [-0.25, -0.2) is 8.70 Å². The average Bonchev–Trinajstić information content (AvgIpc) is 2.82. The van der Waals surface area contributed by atoms with Crippen LogP contribution in [0.2, 0.25) is 10.0 Å². The van der Waals surface area contributed by atoms with Gasteiger partial charge < -0.3 is 10.2 Å². The summed E-state index contributed by atoms with van der Waals surface area (Å²) < 4.78 is 42.3. The Morgan fingerprint density at radius 3 is 2.36 bits per heavy atom. The van der Waals surface area contributed by atoms with Gasteiger partial charge in [0.15, 0.2) is 0 Å². The lowest BCUT2D eigenvalue weighted by Gasteiger charge is -2.33. The van der Waals surface area contributed by atoms with E-state index in [4.69, 9.17) is 23.2 Å². The number of hydrogen-bond donors (Lipinski definition) is 1. The monoisotopic (exact) mass is 560 g/mol. The second-order valence-corrected chi connectivity index (χ2v) is 11.2. The lowest BCUT2D eigenvalue weighted by Crippen LogP contribution is -2.52. The zero-order chi connectivity index (χ0) is 27.0. The fourth-order valence-corrected chi connectivity index (χ4v) is 4.84. The van der Waals surface area contributed by atoms with Gasteiger partial charge in [-0.1, -0.05) is 54.7 Å². The summed E-state index contributed by atoms with van der Waals surface area (Å²) in [5.41, 5.74) is 0.222. The minimum absolute atomic E-state index is 0.0929. The van der Waals surface area contributed by atoms with E-state index in [0.717, 1.165) is 23.2 Å². The van der Waals surface area contributed by atoms with Gasteiger partial charge >= 0.3 is 10.2 Å². The van der Waals surface area contributed by atoms with E-state index in [1.54, 1.807) is 12.1 Å². The smallest absolute Gasteiger partial charge is 0.304 e. The molecule has 0 aliphatic carbocycles. The topological polar surface area (TPSA) is 90.0 Å². The van der Waals surface area contributed by atoms with E-state index in [1.165, 1.54) is 50.2 Å². The van der Waals surface area contributed by atoms with Crippen molar-refractivity contribution in [2.24, 2.45) is 0 Å². The molecule has 198 valence electrons. The van der Waals surface area contributed by atoms with Crippen LogP contribution in [0.1, 0.15) is 32.3 Å². The van der Waals surface area contributed by atoms with Crippen molar-refractivity contribution in [2.45, 2.75) is 39.3 Å². The lowest BCUT2D eigenvalue weighted by molar-refractivity contribution is -0.139. The van der Waals surface area contributed by atoms with Crippen LogP contribution in [-0.4, -0.2) is 62.7 Å². The van der Waals surface area contributed by atoms with Crippen LogP contribution in [0.3, 0.4) is 0 Å². The fourth-order valence-electron chi connectivity index (χ4n) is 3.31. The summed E-state index contributed by atoms with van der Waals surface area (Å²) >= 11 is 12.3. The maximum absolute atomic E-state index is 14.6. The Kier molecular flexibility index (Phi) is 11.0. The van der Waals surface area contributed by atoms with Gasteiger partial charge in [0.2, 0.25) is 11.8 Å². The number of unbranched alkanes of at least 4 members (excludes halogenated alkanes) is 1. The Morgan fingerprint density at radius 1 is 1.11 bits per heavy atom. The van der Waals surface area contributed by atoms with Crippen molar-refractivity contribution in [3.63, 3.8) is 0 Å². The molecule has 1 unspecified atom stereocenters. The van der Waals surface area contributed by atoms with Crippen LogP contribution in [0.15, 0.2) is 42.5 Å². The lowest BCUT2D eigenvalue weighted by atomic mass is 10.1. The van der Waals surface area contributed by atoms with E-state index in [9.17, 15) is 22.4 Å². The summed E-state index contributed by atoms with van der Waals surface area (Å²) in [7, 11) is -1.70. The van der Waals surface area contributed by atoms with Crippen LogP contribution in [0, 0.1) is 5.82 Å². The van der Waals surface area contributed by atoms with Gasteiger partial charge in [0.1, 0.15) is 18.4 Å². The number of carbonyl (C=O) groups excluding carboxylic acids is 2. The minimum atomic E-state index is -4.26. The highest BCUT2D eigenvalue weighted by atomic mass is 35.5. The normalized spacial score (nSPS) is 12.3. The first-order chi connectivity index (χ1) is 16.9. The van der Waals surface area contributed by atoms with Gasteiger partial charge in [-0.2, -0.15) is 12.7 Å². The minimum Gasteiger partial charge on any atom is -0.354 e. The first-order valence-corrected chi connectivity index (χ1v) is 13.5.